The molecule has 0 unspecified atom stereocenters. The molecule has 0 spiro atoms. The number of aromatic nitrogens is 4. The van der Waals surface area contributed by atoms with Gasteiger partial charge >= 0.3 is 6.09 Å². The summed E-state index contributed by atoms with van der Waals surface area (Å²) in [4.78, 5) is 33.8. The number of carbonyl (C=O) groups is 2. The SMILES string of the molecule is Cc1cc2c(N3CCN(C(=O)OC(C)(C)C)CC3)ccc(C(=O)Nc3cc(F)c4nc(C)cn4c3)c2nn1. The van der Waals surface area contributed by atoms with E-state index in [0.29, 0.717) is 54.3 Å². The van der Waals surface area contributed by atoms with Crippen LogP contribution in [0.1, 0.15) is 42.5 Å². The van der Waals surface area contributed by atoms with Gasteiger partial charge in [0.15, 0.2) is 11.5 Å². The lowest BCUT2D eigenvalue weighted by atomic mass is 10.1. The molecule has 1 saturated heterocycles. The summed E-state index contributed by atoms with van der Waals surface area (Å²) in [5, 5.41) is 12.1. The fourth-order valence-corrected chi connectivity index (χ4v) is 4.58. The minimum Gasteiger partial charge on any atom is -0.444 e. The van der Waals surface area contributed by atoms with Crippen LogP contribution in [0.5, 0.6) is 0 Å². The second-order valence-electron chi connectivity index (χ2n) is 10.5. The summed E-state index contributed by atoms with van der Waals surface area (Å²) in [7, 11) is 0. The van der Waals surface area contributed by atoms with E-state index in [1.807, 2.05) is 39.8 Å². The molecule has 0 radical (unpaired) electrons. The number of rotatable bonds is 3. The van der Waals surface area contributed by atoms with Crippen LogP contribution in [0, 0.1) is 19.7 Å². The molecule has 4 heterocycles. The number of pyridine rings is 1. The Kier molecular flexibility index (Phi) is 6.38. The minimum atomic E-state index is -0.549. The van der Waals surface area contributed by atoms with Crippen molar-refractivity contribution in [3.05, 3.63) is 59.4 Å². The van der Waals surface area contributed by atoms with Crippen LogP contribution in [0.15, 0.2) is 36.7 Å². The lowest BCUT2D eigenvalue weighted by Gasteiger charge is -2.37. The minimum absolute atomic E-state index is 0.198. The van der Waals surface area contributed by atoms with Gasteiger partial charge in [-0.3, -0.25) is 4.79 Å². The van der Waals surface area contributed by atoms with Crippen LogP contribution >= 0.6 is 0 Å². The van der Waals surface area contributed by atoms with Crippen molar-refractivity contribution in [1.29, 1.82) is 0 Å². The lowest BCUT2D eigenvalue weighted by Crippen LogP contribution is -2.50. The van der Waals surface area contributed by atoms with Gasteiger partial charge in [-0.05, 0) is 52.8 Å². The summed E-state index contributed by atoms with van der Waals surface area (Å²) in [6.07, 6.45) is 2.98. The second kappa shape index (κ2) is 9.55. The first-order valence-electron chi connectivity index (χ1n) is 12.4. The second-order valence-corrected chi connectivity index (χ2v) is 10.5. The van der Waals surface area contributed by atoms with Crippen molar-refractivity contribution in [3.8, 4) is 0 Å². The Morgan fingerprint density at radius 1 is 1.00 bits per heavy atom. The number of carbonyl (C=O) groups excluding carboxylic acids is 2. The molecule has 1 aliphatic rings. The third-order valence-corrected chi connectivity index (χ3v) is 6.26. The number of hydrogen-bond donors (Lipinski definition) is 1. The van der Waals surface area contributed by atoms with E-state index in [4.69, 9.17) is 4.74 Å². The first-order valence-corrected chi connectivity index (χ1v) is 12.4. The van der Waals surface area contributed by atoms with Gasteiger partial charge in [0.1, 0.15) is 11.1 Å². The van der Waals surface area contributed by atoms with Crippen LogP contribution in [0.4, 0.5) is 20.6 Å². The number of benzene rings is 1. The number of imidazole rings is 1. The lowest BCUT2D eigenvalue weighted by molar-refractivity contribution is 0.0240. The van der Waals surface area contributed by atoms with Gasteiger partial charge in [0.05, 0.1) is 22.6 Å². The van der Waals surface area contributed by atoms with E-state index in [1.165, 1.54) is 6.07 Å². The predicted molar refractivity (Wildman–Crippen MR) is 142 cm³/mol. The molecule has 5 rings (SSSR count). The Balaban J connectivity index is 1.40. The average Bonchev–Trinajstić information content (AvgIpc) is 3.23. The molecule has 1 fully saturated rings. The molecule has 0 bridgehead atoms. The molecule has 1 N–H and O–H groups in total. The van der Waals surface area contributed by atoms with Crippen molar-refractivity contribution in [1.82, 2.24) is 24.5 Å². The molecule has 4 aromatic rings. The van der Waals surface area contributed by atoms with Crippen LogP contribution in [0.2, 0.25) is 0 Å². The van der Waals surface area contributed by atoms with Gasteiger partial charge in [-0.1, -0.05) is 0 Å². The average molecular weight is 520 g/mol. The number of piperazine rings is 1. The Morgan fingerprint density at radius 3 is 2.45 bits per heavy atom. The van der Waals surface area contributed by atoms with E-state index < -0.39 is 17.3 Å². The topological polar surface area (TPSA) is 105 Å². The quantitative estimate of drug-likeness (QED) is 0.429. The van der Waals surface area contributed by atoms with Crippen LogP contribution in [-0.4, -0.2) is 68.3 Å². The number of nitrogens with one attached hydrogen (secondary N) is 1. The molecule has 198 valence electrons. The number of fused-ring (bicyclic) bond motifs is 2. The molecule has 11 heteroatoms. The van der Waals surface area contributed by atoms with Gasteiger partial charge in [-0.25, -0.2) is 14.2 Å². The number of halogens is 1. The Bertz CT molecular complexity index is 1550. The van der Waals surface area contributed by atoms with Gasteiger partial charge < -0.3 is 24.3 Å². The van der Waals surface area contributed by atoms with E-state index in [0.717, 1.165) is 11.1 Å². The molecular formula is C27H30FN7O3. The van der Waals surface area contributed by atoms with E-state index >= 15 is 0 Å². The Hall–Kier alpha value is -4.28. The standard InChI is InChI=1S/C27H30FN7O3/c1-16-12-20-22(33-8-10-34(11-9-33)26(37)38-27(3,4)5)7-6-19(23(20)32-31-16)25(36)30-18-13-21(28)24-29-17(2)14-35(24)15-18/h6-7,12-15H,8-11H2,1-5H3,(H,30,36). The highest BCUT2D eigenvalue weighted by Crippen LogP contribution is 2.30. The number of aryl methyl sites for hydroxylation is 2. The maximum atomic E-state index is 14.5. The van der Waals surface area contributed by atoms with Crippen molar-refractivity contribution in [3.63, 3.8) is 0 Å². The Morgan fingerprint density at radius 2 is 1.74 bits per heavy atom. The van der Waals surface area contributed by atoms with Crippen molar-refractivity contribution in [2.24, 2.45) is 0 Å². The molecule has 1 aliphatic heterocycles. The molecule has 3 aromatic heterocycles. The third-order valence-electron chi connectivity index (χ3n) is 6.26. The predicted octanol–water partition coefficient (Wildman–Crippen LogP) is 4.34. The molecule has 10 nitrogen and oxygen atoms in total. The first-order chi connectivity index (χ1) is 18.0. The van der Waals surface area contributed by atoms with E-state index in [2.05, 4.69) is 25.4 Å². The maximum Gasteiger partial charge on any atom is 0.410 e. The molecule has 0 saturated carbocycles. The van der Waals surface area contributed by atoms with Crippen molar-refractivity contribution in [2.45, 2.75) is 40.2 Å². The van der Waals surface area contributed by atoms with E-state index in [-0.39, 0.29) is 11.7 Å². The van der Waals surface area contributed by atoms with Crippen LogP contribution < -0.4 is 10.2 Å². The monoisotopic (exact) mass is 519 g/mol. The fourth-order valence-electron chi connectivity index (χ4n) is 4.58. The van der Waals surface area contributed by atoms with Crippen molar-refractivity contribution in [2.75, 3.05) is 36.4 Å². The van der Waals surface area contributed by atoms with Gasteiger partial charge in [-0.15, -0.1) is 5.10 Å². The molecule has 38 heavy (non-hydrogen) atoms. The number of nitrogens with zero attached hydrogens (tertiary/aromatic N) is 6. The van der Waals surface area contributed by atoms with Crippen molar-refractivity contribution >= 4 is 39.9 Å². The van der Waals surface area contributed by atoms with Crippen LogP contribution in [0.25, 0.3) is 16.6 Å². The van der Waals surface area contributed by atoms with Crippen molar-refractivity contribution < 1.29 is 18.7 Å². The largest absolute Gasteiger partial charge is 0.444 e. The van der Waals surface area contributed by atoms with Gasteiger partial charge in [0.2, 0.25) is 0 Å². The van der Waals surface area contributed by atoms with E-state index in [9.17, 15) is 14.0 Å². The normalized spacial score (nSPS) is 14.3. The molecule has 0 aliphatic carbocycles. The number of amides is 2. The molecule has 0 atom stereocenters. The highest BCUT2D eigenvalue weighted by atomic mass is 19.1. The summed E-state index contributed by atoms with van der Waals surface area (Å²) in [6.45, 7) is 11.4. The summed E-state index contributed by atoms with van der Waals surface area (Å²) < 4.78 is 21.6. The smallest absolute Gasteiger partial charge is 0.410 e. The summed E-state index contributed by atoms with van der Waals surface area (Å²) in [5.74, 6) is -0.956. The fraction of sp³-hybridized carbons (Fsp3) is 0.370. The summed E-state index contributed by atoms with van der Waals surface area (Å²) in [6, 6.07) is 6.73. The van der Waals surface area contributed by atoms with Gasteiger partial charge in [0.25, 0.3) is 5.91 Å². The number of anilines is 2. The zero-order valence-electron chi connectivity index (χ0n) is 22.1. The van der Waals surface area contributed by atoms with Gasteiger partial charge in [-0.2, -0.15) is 5.10 Å². The number of ether oxygens (including phenoxy) is 1. The zero-order chi connectivity index (χ0) is 27.2. The number of hydrogen-bond acceptors (Lipinski definition) is 7. The Labute approximate surface area is 219 Å². The third kappa shape index (κ3) is 5.09. The van der Waals surface area contributed by atoms with Gasteiger partial charge in [0, 0.05) is 55.7 Å². The first kappa shape index (κ1) is 25.4. The summed E-state index contributed by atoms with van der Waals surface area (Å²) >= 11 is 0. The molecule has 1 aromatic carbocycles. The van der Waals surface area contributed by atoms with E-state index in [1.54, 1.807) is 34.7 Å². The zero-order valence-corrected chi connectivity index (χ0v) is 22.1. The van der Waals surface area contributed by atoms with Crippen LogP contribution in [-0.2, 0) is 4.74 Å². The highest BCUT2D eigenvalue weighted by molar-refractivity contribution is 6.13. The molecular weight excluding hydrogens is 489 g/mol. The highest BCUT2D eigenvalue weighted by Gasteiger charge is 2.27. The van der Waals surface area contributed by atoms with Crippen LogP contribution in [0.3, 0.4) is 0 Å². The summed E-state index contributed by atoms with van der Waals surface area (Å²) in [5.41, 5.74) is 3.01. The molecule has 2 amide bonds. The maximum absolute atomic E-state index is 14.5.